The van der Waals surface area contributed by atoms with Crippen LogP contribution in [-0.2, 0) is 6.42 Å². The summed E-state index contributed by atoms with van der Waals surface area (Å²) in [6, 6.07) is 4.29. The van der Waals surface area contributed by atoms with E-state index in [1.807, 2.05) is 0 Å². The van der Waals surface area contributed by atoms with Crippen molar-refractivity contribution in [3.8, 4) is 5.75 Å². The molecule has 68 valence electrons. The van der Waals surface area contributed by atoms with Crippen LogP contribution in [0, 0.1) is 6.92 Å². The van der Waals surface area contributed by atoms with Crippen molar-refractivity contribution in [2.75, 3.05) is 7.11 Å². The molecule has 1 nitrogen and oxygen atoms in total. The van der Waals surface area contributed by atoms with Crippen LogP contribution in [0.25, 0.3) is 6.08 Å². The Morgan fingerprint density at radius 2 is 2.15 bits per heavy atom. The van der Waals surface area contributed by atoms with E-state index >= 15 is 0 Å². The lowest BCUT2D eigenvalue weighted by molar-refractivity contribution is 0.411. The van der Waals surface area contributed by atoms with Crippen molar-refractivity contribution in [3.05, 3.63) is 33.3 Å². The number of ether oxygens (including phenoxy) is 1. The van der Waals surface area contributed by atoms with Crippen LogP contribution in [0.1, 0.15) is 16.7 Å². The van der Waals surface area contributed by atoms with E-state index in [2.05, 4.69) is 41.1 Å². The molecule has 1 aromatic rings. The Balaban J connectivity index is 2.51. The molecule has 0 saturated carbocycles. The molecule has 1 aliphatic carbocycles. The highest BCUT2D eigenvalue weighted by Crippen LogP contribution is 2.33. The third kappa shape index (κ3) is 1.51. The van der Waals surface area contributed by atoms with Crippen LogP contribution in [0.15, 0.2) is 16.6 Å². The average molecular weight is 239 g/mol. The van der Waals surface area contributed by atoms with Gasteiger partial charge in [0.15, 0.2) is 0 Å². The van der Waals surface area contributed by atoms with E-state index in [0.717, 1.165) is 12.2 Å². The molecule has 0 aliphatic heterocycles. The number of methoxy groups -OCH3 is 1. The number of allylic oxidation sites excluding steroid dienone is 1. The first kappa shape index (κ1) is 8.82. The molecular formula is C11H11BrO. The van der Waals surface area contributed by atoms with Gasteiger partial charge in [0.25, 0.3) is 0 Å². The molecular weight excluding hydrogens is 228 g/mol. The standard InChI is InChI=1S/C11H11BrO/c1-7-3-8-4-10(12)5-9(8)6-11(7)13-2/h3-4,6H,5H2,1-2H3. The largest absolute Gasteiger partial charge is 0.496 e. The monoisotopic (exact) mass is 238 g/mol. The number of rotatable bonds is 1. The second kappa shape index (κ2) is 3.18. The van der Waals surface area contributed by atoms with Crippen LogP contribution in [-0.4, -0.2) is 7.11 Å². The lowest BCUT2D eigenvalue weighted by atomic mass is 10.1. The van der Waals surface area contributed by atoms with E-state index in [1.165, 1.54) is 21.2 Å². The number of fused-ring (bicyclic) bond motifs is 1. The van der Waals surface area contributed by atoms with Crippen LogP contribution in [0.4, 0.5) is 0 Å². The van der Waals surface area contributed by atoms with Gasteiger partial charge in [-0.1, -0.05) is 15.9 Å². The fourth-order valence-corrected chi connectivity index (χ4v) is 2.21. The highest BCUT2D eigenvalue weighted by molar-refractivity contribution is 9.11. The number of halogens is 1. The first-order chi connectivity index (χ1) is 6.20. The Morgan fingerprint density at radius 3 is 2.85 bits per heavy atom. The minimum Gasteiger partial charge on any atom is -0.496 e. The summed E-state index contributed by atoms with van der Waals surface area (Å²) in [6.07, 6.45) is 3.16. The maximum atomic E-state index is 5.27. The Labute approximate surface area is 86.5 Å². The highest BCUT2D eigenvalue weighted by Gasteiger charge is 2.12. The molecule has 0 radical (unpaired) electrons. The summed E-state index contributed by atoms with van der Waals surface area (Å²) in [7, 11) is 1.71. The lowest BCUT2D eigenvalue weighted by Crippen LogP contribution is -1.90. The molecule has 2 heteroatoms. The van der Waals surface area contributed by atoms with Crippen LogP contribution in [0.3, 0.4) is 0 Å². The average Bonchev–Trinajstić information content (AvgIpc) is 2.42. The van der Waals surface area contributed by atoms with Crippen molar-refractivity contribution < 1.29 is 4.74 Å². The fraction of sp³-hybridized carbons (Fsp3) is 0.273. The normalized spacial score (nSPS) is 13.9. The zero-order valence-corrected chi connectivity index (χ0v) is 9.31. The van der Waals surface area contributed by atoms with E-state index in [-0.39, 0.29) is 0 Å². The molecule has 0 N–H and O–H groups in total. The summed E-state index contributed by atoms with van der Waals surface area (Å²) in [5, 5.41) is 0. The van der Waals surface area contributed by atoms with Gasteiger partial charge < -0.3 is 4.74 Å². The fourth-order valence-electron chi connectivity index (χ4n) is 1.66. The Hall–Kier alpha value is -0.760. The van der Waals surface area contributed by atoms with Crippen LogP contribution in [0.2, 0.25) is 0 Å². The molecule has 0 atom stereocenters. The van der Waals surface area contributed by atoms with E-state index in [9.17, 15) is 0 Å². The maximum Gasteiger partial charge on any atom is 0.122 e. The highest BCUT2D eigenvalue weighted by atomic mass is 79.9. The molecule has 0 saturated heterocycles. The van der Waals surface area contributed by atoms with Crippen molar-refractivity contribution in [1.82, 2.24) is 0 Å². The Bertz CT molecular complexity index is 380. The molecule has 13 heavy (non-hydrogen) atoms. The van der Waals surface area contributed by atoms with E-state index < -0.39 is 0 Å². The molecule has 1 aromatic carbocycles. The molecule has 0 aromatic heterocycles. The van der Waals surface area contributed by atoms with Crippen molar-refractivity contribution >= 4 is 22.0 Å². The molecule has 0 unspecified atom stereocenters. The molecule has 0 spiro atoms. The van der Waals surface area contributed by atoms with Crippen LogP contribution >= 0.6 is 15.9 Å². The first-order valence-electron chi connectivity index (χ1n) is 4.24. The van der Waals surface area contributed by atoms with E-state index in [4.69, 9.17) is 4.74 Å². The van der Waals surface area contributed by atoms with Crippen molar-refractivity contribution in [2.24, 2.45) is 0 Å². The number of hydrogen-bond donors (Lipinski definition) is 0. The van der Waals surface area contributed by atoms with Gasteiger partial charge in [-0.15, -0.1) is 0 Å². The number of aryl methyl sites for hydroxylation is 1. The van der Waals surface area contributed by atoms with Gasteiger partial charge in [0.05, 0.1) is 7.11 Å². The smallest absolute Gasteiger partial charge is 0.122 e. The quantitative estimate of drug-likeness (QED) is 0.730. The predicted molar refractivity (Wildman–Crippen MR) is 58.3 cm³/mol. The number of hydrogen-bond acceptors (Lipinski definition) is 1. The lowest BCUT2D eigenvalue weighted by Gasteiger charge is -2.07. The zero-order chi connectivity index (χ0) is 9.42. The van der Waals surface area contributed by atoms with E-state index in [1.54, 1.807) is 7.11 Å². The van der Waals surface area contributed by atoms with Gasteiger partial charge >= 0.3 is 0 Å². The topological polar surface area (TPSA) is 9.23 Å². The summed E-state index contributed by atoms with van der Waals surface area (Å²) < 4.78 is 6.51. The molecule has 0 heterocycles. The maximum absolute atomic E-state index is 5.27. The molecule has 0 bridgehead atoms. The molecule has 2 rings (SSSR count). The van der Waals surface area contributed by atoms with Gasteiger partial charge in [0.2, 0.25) is 0 Å². The van der Waals surface area contributed by atoms with Crippen LogP contribution in [0.5, 0.6) is 5.75 Å². The van der Waals surface area contributed by atoms with Gasteiger partial charge in [0.1, 0.15) is 5.75 Å². The summed E-state index contributed by atoms with van der Waals surface area (Å²) in [6.45, 7) is 2.07. The minimum absolute atomic E-state index is 0.981. The molecule has 1 aliphatic rings. The third-order valence-corrected chi connectivity index (χ3v) is 2.84. The Morgan fingerprint density at radius 1 is 1.38 bits per heavy atom. The third-order valence-electron chi connectivity index (χ3n) is 2.33. The van der Waals surface area contributed by atoms with Gasteiger partial charge in [0, 0.05) is 10.9 Å². The minimum atomic E-state index is 0.981. The summed E-state index contributed by atoms with van der Waals surface area (Å²) in [5.41, 5.74) is 3.85. The van der Waals surface area contributed by atoms with Gasteiger partial charge in [-0.25, -0.2) is 0 Å². The second-order valence-corrected chi connectivity index (χ2v) is 4.31. The SMILES string of the molecule is COc1cc2c(cc1C)C=C(Br)C2. The van der Waals surface area contributed by atoms with Gasteiger partial charge in [-0.05, 0) is 41.8 Å². The number of benzene rings is 1. The van der Waals surface area contributed by atoms with Gasteiger partial charge in [-0.2, -0.15) is 0 Å². The summed E-state index contributed by atoms with van der Waals surface area (Å²) >= 11 is 3.51. The van der Waals surface area contributed by atoms with Crippen molar-refractivity contribution in [2.45, 2.75) is 13.3 Å². The predicted octanol–water partition coefficient (Wildman–Crippen LogP) is 3.30. The summed E-state index contributed by atoms with van der Waals surface area (Å²) in [5.74, 6) is 0.981. The van der Waals surface area contributed by atoms with Crippen molar-refractivity contribution in [1.29, 1.82) is 0 Å². The first-order valence-corrected chi connectivity index (χ1v) is 5.03. The molecule has 0 fully saturated rings. The Kier molecular flexibility index (Phi) is 2.16. The van der Waals surface area contributed by atoms with E-state index in [0.29, 0.717) is 0 Å². The van der Waals surface area contributed by atoms with Crippen LogP contribution < -0.4 is 4.74 Å². The van der Waals surface area contributed by atoms with Gasteiger partial charge in [-0.3, -0.25) is 0 Å². The zero-order valence-electron chi connectivity index (χ0n) is 7.73. The summed E-state index contributed by atoms with van der Waals surface area (Å²) in [4.78, 5) is 0. The van der Waals surface area contributed by atoms with Crippen molar-refractivity contribution in [3.63, 3.8) is 0 Å². The molecule has 0 amide bonds. The second-order valence-electron chi connectivity index (χ2n) is 3.29.